The first-order valence-corrected chi connectivity index (χ1v) is 3.77. The van der Waals surface area contributed by atoms with Gasteiger partial charge < -0.3 is 0 Å². The van der Waals surface area contributed by atoms with E-state index in [1.54, 1.807) is 0 Å². The summed E-state index contributed by atoms with van der Waals surface area (Å²) < 4.78 is 0. The summed E-state index contributed by atoms with van der Waals surface area (Å²) in [6.45, 7) is 6.83. The van der Waals surface area contributed by atoms with Gasteiger partial charge in [-0.3, -0.25) is 0 Å². The summed E-state index contributed by atoms with van der Waals surface area (Å²) >= 11 is 0. The van der Waals surface area contributed by atoms with E-state index in [2.05, 4.69) is 20.8 Å². The fourth-order valence-electron chi connectivity index (χ4n) is 0.803. The Morgan fingerprint density at radius 3 is 2.00 bits per heavy atom. The fraction of sp³-hybridized carbons (Fsp3) is 1.00. The summed E-state index contributed by atoms with van der Waals surface area (Å²) in [5.41, 5.74) is 0. The van der Waals surface area contributed by atoms with Gasteiger partial charge in [0.15, 0.2) is 0 Å². The van der Waals surface area contributed by atoms with E-state index in [1.807, 2.05) is 0 Å². The van der Waals surface area contributed by atoms with Gasteiger partial charge in [-0.15, -0.1) is 0 Å². The second-order valence-electron chi connectivity index (χ2n) is 2.89. The summed E-state index contributed by atoms with van der Waals surface area (Å²) in [6, 6.07) is 0. The second-order valence-corrected chi connectivity index (χ2v) is 2.89. The van der Waals surface area contributed by atoms with Crippen LogP contribution >= 0.6 is 0 Å². The van der Waals surface area contributed by atoms with Crippen LogP contribution in [0.5, 0.6) is 0 Å². The Morgan fingerprint density at radius 2 is 1.67 bits per heavy atom. The minimum Gasteiger partial charge on any atom is -0.0654 e. The third-order valence-electron chi connectivity index (χ3n) is 1.39. The Hall–Kier alpha value is 0.597. The van der Waals surface area contributed by atoms with Gasteiger partial charge in [0, 0.05) is 18.9 Å². The van der Waals surface area contributed by atoms with Crippen molar-refractivity contribution >= 4 is 18.9 Å². The van der Waals surface area contributed by atoms with E-state index < -0.39 is 0 Å². The van der Waals surface area contributed by atoms with Crippen LogP contribution in [-0.4, -0.2) is 18.9 Å². The van der Waals surface area contributed by atoms with Crippen LogP contribution in [-0.2, 0) is 0 Å². The summed E-state index contributed by atoms with van der Waals surface area (Å²) in [7, 11) is 0. The van der Waals surface area contributed by atoms with Crippen LogP contribution in [0, 0.1) is 5.92 Å². The molecule has 0 bridgehead atoms. The molecule has 0 heterocycles. The molecule has 1 radical (unpaired) electrons. The molecule has 0 rings (SSSR count). The largest absolute Gasteiger partial charge is 0.0654 e. The maximum Gasteiger partial charge on any atom is 0 e. The molecule has 0 aromatic carbocycles. The molecular weight excluding hydrogens is 103 g/mol. The Morgan fingerprint density at radius 1 is 1.11 bits per heavy atom. The quantitative estimate of drug-likeness (QED) is 0.396. The molecule has 9 heavy (non-hydrogen) atoms. The molecule has 0 aliphatic carbocycles. The summed E-state index contributed by atoms with van der Waals surface area (Å²) in [6.07, 6.45) is 5.60. The normalized spacial score (nSPS) is 9.33. The third-order valence-corrected chi connectivity index (χ3v) is 1.39. The SMILES string of the molecule is CCCCCC(C)C.[Li]. The first-order chi connectivity index (χ1) is 3.77. The maximum absolute atomic E-state index is 2.29. The molecule has 0 saturated heterocycles. The molecule has 0 N–H and O–H groups in total. The van der Waals surface area contributed by atoms with E-state index in [-0.39, 0.29) is 18.9 Å². The Labute approximate surface area is 71.6 Å². The first kappa shape index (κ1) is 12.3. The van der Waals surface area contributed by atoms with Crippen LogP contribution in [0.15, 0.2) is 0 Å². The van der Waals surface area contributed by atoms with Crippen molar-refractivity contribution in [2.45, 2.75) is 46.5 Å². The van der Waals surface area contributed by atoms with Crippen molar-refractivity contribution in [1.29, 1.82) is 0 Å². The molecule has 0 unspecified atom stereocenters. The van der Waals surface area contributed by atoms with Crippen molar-refractivity contribution in [2.24, 2.45) is 5.92 Å². The number of unbranched alkanes of at least 4 members (excludes halogenated alkanes) is 2. The average molecular weight is 121 g/mol. The average Bonchev–Trinajstić information content (AvgIpc) is 1.66. The van der Waals surface area contributed by atoms with Gasteiger partial charge >= 0.3 is 0 Å². The molecule has 0 amide bonds. The fourth-order valence-corrected chi connectivity index (χ4v) is 0.803. The summed E-state index contributed by atoms with van der Waals surface area (Å²) in [5, 5.41) is 0. The monoisotopic (exact) mass is 121 g/mol. The van der Waals surface area contributed by atoms with E-state index >= 15 is 0 Å². The van der Waals surface area contributed by atoms with Crippen LogP contribution in [0.2, 0.25) is 0 Å². The summed E-state index contributed by atoms with van der Waals surface area (Å²) in [4.78, 5) is 0. The maximum atomic E-state index is 2.29. The van der Waals surface area contributed by atoms with E-state index in [0.717, 1.165) is 5.92 Å². The molecule has 1 heteroatoms. The minimum atomic E-state index is 0. The van der Waals surface area contributed by atoms with Crippen LogP contribution < -0.4 is 0 Å². The molecule has 0 nitrogen and oxygen atoms in total. The molecule has 0 fully saturated rings. The van der Waals surface area contributed by atoms with Crippen LogP contribution in [0.4, 0.5) is 0 Å². The first-order valence-electron chi connectivity index (χ1n) is 3.77. The molecule has 0 aliphatic rings. The van der Waals surface area contributed by atoms with Crippen LogP contribution in [0.1, 0.15) is 46.5 Å². The van der Waals surface area contributed by atoms with Gasteiger partial charge in [0.05, 0.1) is 0 Å². The van der Waals surface area contributed by atoms with Crippen molar-refractivity contribution in [3.63, 3.8) is 0 Å². The smallest absolute Gasteiger partial charge is 0 e. The zero-order chi connectivity index (χ0) is 6.41. The van der Waals surface area contributed by atoms with Gasteiger partial charge in [-0.25, -0.2) is 0 Å². The van der Waals surface area contributed by atoms with Crippen LogP contribution in [0.3, 0.4) is 0 Å². The zero-order valence-electron chi connectivity index (χ0n) is 7.41. The van der Waals surface area contributed by atoms with Gasteiger partial charge in [0.25, 0.3) is 0 Å². The van der Waals surface area contributed by atoms with Crippen molar-refractivity contribution in [3.8, 4) is 0 Å². The second kappa shape index (κ2) is 8.60. The van der Waals surface area contributed by atoms with Gasteiger partial charge in [0.1, 0.15) is 0 Å². The Kier molecular flexibility index (Phi) is 11.7. The molecule has 0 aromatic rings. The van der Waals surface area contributed by atoms with E-state index in [1.165, 1.54) is 25.7 Å². The van der Waals surface area contributed by atoms with E-state index in [4.69, 9.17) is 0 Å². The minimum absolute atomic E-state index is 0. The Bertz CT molecular complexity index is 41.8. The van der Waals surface area contributed by atoms with Gasteiger partial charge in [-0.1, -0.05) is 46.5 Å². The van der Waals surface area contributed by atoms with Crippen molar-refractivity contribution in [3.05, 3.63) is 0 Å². The van der Waals surface area contributed by atoms with Gasteiger partial charge in [0.2, 0.25) is 0 Å². The third kappa shape index (κ3) is 11.9. The molecule has 0 aliphatic heterocycles. The Balaban J connectivity index is 0. The topological polar surface area (TPSA) is 0 Å². The molecule has 0 aromatic heterocycles. The molecular formula is C8H18Li. The van der Waals surface area contributed by atoms with E-state index in [0.29, 0.717) is 0 Å². The standard InChI is InChI=1S/C8H18.Li/c1-4-5-6-7-8(2)3;/h8H,4-7H2,1-3H3;. The zero-order valence-corrected chi connectivity index (χ0v) is 7.41. The number of rotatable bonds is 4. The number of hydrogen-bond acceptors (Lipinski definition) is 0. The van der Waals surface area contributed by atoms with Gasteiger partial charge in [-0.2, -0.15) is 0 Å². The molecule has 51 valence electrons. The molecule has 0 spiro atoms. The van der Waals surface area contributed by atoms with E-state index in [9.17, 15) is 0 Å². The van der Waals surface area contributed by atoms with Gasteiger partial charge in [-0.05, 0) is 5.92 Å². The predicted molar refractivity (Wildman–Crippen MR) is 44.7 cm³/mol. The molecule has 0 saturated carbocycles. The van der Waals surface area contributed by atoms with Crippen LogP contribution in [0.25, 0.3) is 0 Å². The van der Waals surface area contributed by atoms with Crippen molar-refractivity contribution < 1.29 is 0 Å². The van der Waals surface area contributed by atoms with Crippen molar-refractivity contribution in [2.75, 3.05) is 0 Å². The summed E-state index contributed by atoms with van der Waals surface area (Å²) in [5.74, 6) is 0.904. The number of hydrogen-bond donors (Lipinski definition) is 0. The van der Waals surface area contributed by atoms with Crippen molar-refractivity contribution in [1.82, 2.24) is 0 Å². The predicted octanol–water partition coefficient (Wildman–Crippen LogP) is 2.84. The molecule has 0 atom stereocenters.